The lowest BCUT2D eigenvalue weighted by Crippen LogP contribution is -2.25. The average Bonchev–Trinajstić information content (AvgIpc) is 3.09. The lowest BCUT2D eigenvalue weighted by atomic mass is 9.94. The number of amides is 1. The van der Waals surface area contributed by atoms with Gasteiger partial charge in [-0.25, -0.2) is 4.79 Å². The van der Waals surface area contributed by atoms with Gasteiger partial charge in [0.05, 0.1) is 18.8 Å². The van der Waals surface area contributed by atoms with Crippen LogP contribution in [0.5, 0.6) is 5.75 Å². The van der Waals surface area contributed by atoms with Gasteiger partial charge in [-0.1, -0.05) is 18.2 Å². The van der Waals surface area contributed by atoms with Crippen molar-refractivity contribution in [3.8, 4) is 11.8 Å². The van der Waals surface area contributed by atoms with Gasteiger partial charge in [-0.15, -0.1) is 11.3 Å². The molecule has 1 amide bonds. The molecule has 1 aliphatic rings. The topological polar surface area (TPSA) is 97.7 Å². The normalized spacial score (nSPS) is 15.1. The third kappa shape index (κ3) is 5.64. The van der Waals surface area contributed by atoms with E-state index < -0.39 is 6.16 Å². The van der Waals surface area contributed by atoms with E-state index in [0.717, 1.165) is 16.0 Å². The number of anilines is 1. The fraction of sp³-hybridized carbons (Fsp3) is 0.348. The van der Waals surface area contributed by atoms with Gasteiger partial charge in [0.1, 0.15) is 22.9 Å². The molecule has 162 valence electrons. The van der Waals surface area contributed by atoms with Crippen LogP contribution in [0.1, 0.15) is 41.8 Å². The highest BCUT2D eigenvalue weighted by Gasteiger charge is 2.28. The molecule has 0 radical (unpaired) electrons. The molecule has 1 heterocycles. The number of ether oxygens (including phenoxy) is 3. The molecule has 2 aromatic rings. The summed E-state index contributed by atoms with van der Waals surface area (Å²) in [6.07, 6.45) is 3.84. The first-order valence-corrected chi connectivity index (χ1v) is 11.0. The number of thiophene rings is 1. The Kier molecular flexibility index (Phi) is 7.68. The van der Waals surface area contributed by atoms with Crippen LogP contribution in [0.25, 0.3) is 6.08 Å². The highest BCUT2D eigenvalue weighted by molar-refractivity contribution is 7.16. The van der Waals surface area contributed by atoms with Crippen molar-refractivity contribution in [2.75, 3.05) is 18.5 Å². The van der Waals surface area contributed by atoms with Crippen LogP contribution in [0, 0.1) is 11.3 Å². The van der Waals surface area contributed by atoms with Crippen molar-refractivity contribution in [3.05, 3.63) is 51.9 Å². The summed E-state index contributed by atoms with van der Waals surface area (Å²) >= 11 is 1.35. The summed E-state index contributed by atoms with van der Waals surface area (Å²) in [7, 11) is 0. The summed E-state index contributed by atoms with van der Waals surface area (Å²) in [4.78, 5) is 25.0. The van der Waals surface area contributed by atoms with E-state index in [-0.39, 0.29) is 18.6 Å². The van der Waals surface area contributed by atoms with Gasteiger partial charge in [-0.3, -0.25) is 4.79 Å². The SMILES string of the molecule is CCOC(=O)OC1CCc2c(sc(NC(=O)C=Cc3ccccc3OCC)c2C#N)C1. The van der Waals surface area contributed by atoms with Crippen molar-refractivity contribution in [3.63, 3.8) is 0 Å². The molecule has 3 rings (SSSR count). The Bertz CT molecular complexity index is 1020. The van der Waals surface area contributed by atoms with Gasteiger partial charge in [0.25, 0.3) is 0 Å². The number of nitrogens with one attached hydrogen (secondary N) is 1. The zero-order chi connectivity index (χ0) is 22.2. The minimum Gasteiger partial charge on any atom is -0.493 e. The highest BCUT2D eigenvalue weighted by atomic mass is 32.1. The largest absolute Gasteiger partial charge is 0.508 e. The van der Waals surface area contributed by atoms with Crippen LogP contribution in [-0.4, -0.2) is 31.4 Å². The number of hydrogen-bond donors (Lipinski definition) is 1. The van der Waals surface area contributed by atoms with Crippen LogP contribution in [0.15, 0.2) is 30.3 Å². The number of rotatable bonds is 7. The Balaban J connectivity index is 1.70. The summed E-state index contributed by atoms with van der Waals surface area (Å²) in [6.45, 7) is 4.41. The molecule has 1 aromatic heterocycles. The minimum atomic E-state index is -0.681. The number of para-hydroxylation sites is 1. The molecule has 0 aliphatic heterocycles. The molecule has 1 unspecified atom stereocenters. The Labute approximate surface area is 185 Å². The summed E-state index contributed by atoms with van der Waals surface area (Å²) in [5, 5.41) is 13.0. The molecule has 0 fully saturated rings. The van der Waals surface area contributed by atoms with Crippen molar-refractivity contribution in [2.24, 2.45) is 0 Å². The number of carbonyl (C=O) groups is 2. The molecule has 31 heavy (non-hydrogen) atoms. The van der Waals surface area contributed by atoms with E-state index >= 15 is 0 Å². The van der Waals surface area contributed by atoms with Gasteiger partial charge >= 0.3 is 6.16 Å². The van der Waals surface area contributed by atoms with E-state index in [1.165, 1.54) is 17.4 Å². The first kappa shape index (κ1) is 22.4. The van der Waals surface area contributed by atoms with E-state index in [4.69, 9.17) is 14.2 Å². The predicted molar refractivity (Wildman–Crippen MR) is 118 cm³/mol. The first-order valence-electron chi connectivity index (χ1n) is 10.1. The third-order valence-corrected chi connectivity index (χ3v) is 5.90. The van der Waals surface area contributed by atoms with Crippen LogP contribution < -0.4 is 10.1 Å². The smallest absolute Gasteiger partial charge is 0.493 e. The maximum atomic E-state index is 12.5. The van der Waals surface area contributed by atoms with Crippen LogP contribution in [0.4, 0.5) is 9.80 Å². The van der Waals surface area contributed by atoms with E-state index in [1.807, 2.05) is 31.2 Å². The number of hydrogen-bond acceptors (Lipinski definition) is 7. The van der Waals surface area contributed by atoms with Gasteiger partial charge in [0, 0.05) is 22.9 Å². The molecule has 1 aliphatic carbocycles. The molecule has 0 saturated heterocycles. The van der Waals surface area contributed by atoms with Crippen LogP contribution >= 0.6 is 11.3 Å². The lowest BCUT2D eigenvalue weighted by Gasteiger charge is -2.21. The summed E-state index contributed by atoms with van der Waals surface area (Å²) in [5.74, 6) is 0.367. The second-order valence-corrected chi connectivity index (χ2v) is 7.88. The number of carbonyl (C=O) groups excluding carboxylic acids is 2. The average molecular weight is 441 g/mol. The van der Waals surface area contributed by atoms with Crippen molar-refractivity contribution in [2.45, 2.75) is 39.2 Å². The van der Waals surface area contributed by atoms with Crippen molar-refractivity contribution in [1.82, 2.24) is 0 Å². The quantitative estimate of drug-likeness (QED) is 0.495. The fourth-order valence-corrected chi connectivity index (χ4v) is 4.64. The molecular weight excluding hydrogens is 416 g/mol. The maximum absolute atomic E-state index is 12.5. The summed E-state index contributed by atoms with van der Waals surface area (Å²) in [6, 6.07) is 9.65. The summed E-state index contributed by atoms with van der Waals surface area (Å²) < 4.78 is 15.7. The fourth-order valence-electron chi connectivity index (χ4n) is 3.37. The van der Waals surface area contributed by atoms with Crippen LogP contribution in [-0.2, 0) is 27.1 Å². The Morgan fingerprint density at radius 1 is 1.29 bits per heavy atom. The molecule has 0 bridgehead atoms. The second kappa shape index (κ2) is 10.6. The van der Waals surface area contributed by atoms with E-state index in [9.17, 15) is 14.9 Å². The van der Waals surface area contributed by atoms with Crippen LogP contribution in [0.2, 0.25) is 0 Å². The standard InChI is InChI=1S/C23H24N2O5S/c1-3-28-19-8-6-5-7-15(19)9-12-21(26)25-22-18(14-24)17-11-10-16(13-20(17)31-22)30-23(27)29-4-2/h5-9,12,16H,3-4,10-11,13H2,1-2H3,(H,25,26). The molecule has 1 aromatic carbocycles. The molecule has 0 spiro atoms. The van der Waals surface area contributed by atoms with Crippen LogP contribution in [0.3, 0.4) is 0 Å². The third-order valence-electron chi connectivity index (χ3n) is 4.73. The zero-order valence-electron chi connectivity index (χ0n) is 17.5. The number of nitriles is 1. The predicted octanol–water partition coefficient (Wildman–Crippen LogP) is 4.70. The Morgan fingerprint density at radius 2 is 2.10 bits per heavy atom. The molecule has 7 nitrogen and oxygen atoms in total. The molecule has 8 heteroatoms. The van der Waals surface area contributed by atoms with Gasteiger partial charge in [-0.2, -0.15) is 5.26 Å². The molecular formula is C23H24N2O5S. The number of fused-ring (bicyclic) bond motifs is 1. The van der Waals surface area contributed by atoms with Gasteiger partial charge in [0.2, 0.25) is 5.91 Å². The van der Waals surface area contributed by atoms with Crippen molar-refractivity contribution in [1.29, 1.82) is 5.26 Å². The summed E-state index contributed by atoms with van der Waals surface area (Å²) in [5.41, 5.74) is 2.19. The van der Waals surface area contributed by atoms with Crippen molar-refractivity contribution < 1.29 is 23.8 Å². The number of benzene rings is 1. The Morgan fingerprint density at radius 3 is 2.84 bits per heavy atom. The molecule has 0 saturated carbocycles. The highest BCUT2D eigenvalue weighted by Crippen LogP contribution is 2.38. The van der Waals surface area contributed by atoms with E-state index in [0.29, 0.717) is 42.2 Å². The van der Waals surface area contributed by atoms with Gasteiger partial charge in [-0.05, 0) is 44.4 Å². The zero-order valence-corrected chi connectivity index (χ0v) is 18.3. The first-order chi connectivity index (χ1) is 15.0. The number of nitrogens with zero attached hydrogens (tertiary/aromatic N) is 1. The molecule has 1 atom stereocenters. The maximum Gasteiger partial charge on any atom is 0.508 e. The Hall–Kier alpha value is -3.31. The molecule has 1 N–H and O–H groups in total. The van der Waals surface area contributed by atoms with Gasteiger partial charge < -0.3 is 19.5 Å². The lowest BCUT2D eigenvalue weighted by molar-refractivity contribution is -0.111. The minimum absolute atomic E-state index is 0.257. The monoisotopic (exact) mass is 440 g/mol. The van der Waals surface area contributed by atoms with E-state index in [2.05, 4.69) is 11.4 Å². The van der Waals surface area contributed by atoms with Gasteiger partial charge in [0.15, 0.2) is 0 Å². The van der Waals surface area contributed by atoms with E-state index in [1.54, 1.807) is 13.0 Å². The van der Waals surface area contributed by atoms with Crippen molar-refractivity contribution >= 4 is 34.5 Å². The second-order valence-electron chi connectivity index (χ2n) is 6.78.